The largest absolute Gasteiger partial charge is 0.435 e. The molecular formula is C18H22F3N5O2S. The highest BCUT2D eigenvalue weighted by atomic mass is 32.1. The summed E-state index contributed by atoms with van der Waals surface area (Å²) < 4.78 is 40.5. The lowest BCUT2D eigenvalue weighted by molar-refractivity contribution is -0.142. The third-order valence-electron chi connectivity index (χ3n) is 4.65. The van der Waals surface area contributed by atoms with Gasteiger partial charge in [0.15, 0.2) is 5.69 Å². The van der Waals surface area contributed by atoms with Gasteiger partial charge in [-0.1, -0.05) is 6.92 Å². The predicted octanol–water partition coefficient (Wildman–Crippen LogP) is 2.69. The van der Waals surface area contributed by atoms with Crippen LogP contribution in [-0.4, -0.2) is 28.1 Å². The smallest absolute Gasteiger partial charge is 0.365 e. The number of anilines is 1. The van der Waals surface area contributed by atoms with Crippen molar-refractivity contribution in [2.75, 3.05) is 11.9 Å². The summed E-state index contributed by atoms with van der Waals surface area (Å²) in [5.74, 6) is -1.19. The number of halogens is 3. The molecule has 0 aliphatic heterocycles. The van der Waals surface area contributed by atoms with Crippen molar-refractivity contribution in [1.82, 2.24) is 15.1 Å². The second-order valence-corrected chi connectivity index (χ2v) is 7.91. The molecule has 2 aromatic rings. The van der Waals surface area contributed by atoms with E-state index in [0.717, 1.165) is 40.8 Å². The minimum absolute atomic E-state index is 0.00354. The summed E-state index contributed by atoms with van der Waals surface area (Å²) >= 11 is 1.30. The van der Waals surface area contributed by atoms with Gasteiger partial charge < -0.3 is 16.4 Å². The van der Waals surface area contributed by atoms with Gasteiger partial charge in [0.25, 0.3) is 5.91 Å². The molecule has 0 unspecified atom stereocenters. The van der Waals surface area contributed by atoms with Gasteiger partial charge in [-0.2, -0.15) is 18.3 Å². The fourth-order valence-electron chi connectivity index (χ4n) is 3.40. The summed E-state index contributed by atoms with van der Waals surface area (Å²) in [7, 11) is 0. The number of alkyl halides is 3. The number of aryl methyl sites for hydroxylation is 1. The number of hydrogen-bond acceptors (Lipinski definition) is 5. The van der Waals surface area contributed by atoms with Crippen molar-refractivity contribution in [3.05, 3.63) is 33.5 Å². The predicted molar refractivity (Wildman–Crippen MR) is 103 cm³/mol. The molecule has 11 heteroatoms. The maximum Gasteiger partial charge on any atom is 0.435 e. The second kappa shape index (κ2) is 8.54. The Bertz CT molecular complexity index is 919. The highest BCUT2D eigenvalue weighted by Crippen LogP contribution is 2.38. The van der Waals surface area contributed by atoms with E-state index in [4.69, 9.17) is 5.73 Å². The highest BCUT2D eigenvalue weighted by Gasteiger charge is 2.37. The molecule has 3 rings (SSSR count). The topological polar surface area (TPSA) is 102 Å². The van der Waals surface area contributed by atoms with Crippen molar-refractivity contribution < 1.29 is 22.8 Å². The summed E-state index contributed by atoms with van der Waals surface area (Å²) in [6, 6.07) is 0. The van der Waals surface area contributed by atoms with Crippen molar-refractivity contribution in [2.24, 2.45) is 5.73 Å². The Morgan fingerprint density at radius 1 is 1.31 bits per heavy atom. The molecule has 0 fully saturated rings. The Labute approximate surface area is 169 Å². The molecule has 29 heavy (non-hydrogen) atoms. The molecule has 0 bridgehead atoms. The van der Waals surface area contributed by atoms with Crippen LogP contribution in [0, 0.1) is 0 Å². The third kappa shape index (κ3) is 4.78. The number of aromatic nitrogens is 2. The van der Waals surface area contributed by atoms with E-state index in [1.54, 1.807) is 6.92 Å². The van der Waals surface area contributed by atoms with Crippen LogP contribution in [0.4, 0.5) is 18.2 Å². The summed E-state index contributed by atoms with van der Waals surface area (Å²) in [5, 5.41) is 9.35. The molecule has 0 saturated heterocycles. The van der Waals surface area contributed by atoms with E-state index >= 15 is 0 Å². The number of nitrogens with two attached hydrogens (primary N) is 1. The fourth-order valence-corrected chi connectivity index (χ4v) is 4.71. The van der Waals surface area contributed by atoms with Crippen LogP contribution in [-0.2, 0) is 36.9 Å². The number of amides is 2. The maximum atomic E-state index is 13.2. The zero-order valence-electron chi connectivity index (χ0n) is 15.9. The van der Waals surface area contributed by atoms with E-state index in [1.807, 2.05) is 0 Å². The molecule has 7 nitrogen and oxygen atoms in total. The third-order valence-corrected chi connectivity index (χ3v) is 5.85. The molecule has 0 aromatic carbocycles. The summed E-state index contributed by atoms with van der Waals surface area (Å²) in [6.45, 7) is 1.87. The van der Waals surface area contributed by atoms with Crippen LogP contribution in [0.15, 0.2) is 6.20 Å². The second-order valence-electron chi connectivity index (χ2n) is 6.81. The SMILES string of the molecule is CCNCc1cn(CC(=O)Nc2sc3c(c2C(N)=O)CCCC3)nc1C(F)(F)F. The average molecular weight is 429 g/mol. The zero-order valence-corrected chi connectivity index (χ0v) is 16.7. The zero-order chi connectivity index (χ0) is 21.2. The van der Waals surface area contributed by atoms with Crippen molar-refractivity contribution in [1.29, 1.82) is 0 Å². The van der Waals surface area contributed by atoms with Gasteiger partial charge in [0.05, 0.1) is 5.56 Å². The maximum absolute atomic E-state index is 13.2. The Balaban J connectivity index is 1.79. The Morgan fingerprint density at radius 3 is 2.69 bits per heavy atom. The molecule has 0 spiro atoms. The number of nitrogens with one attached hydrogen (secondary N) is 2. The number of carbonyl (C=O) groups excluding carboxylic acids is 2. The van der Waals surface area contributed by atoms with Crippen molar-refractivity contribution in [3.63, 3.8) is 0 Å². The lowest BCUT2D eigenvalue weighted by atomic mass is 9.95. The van der Waals surface area contributed by atoms with E-state index < -0.39 is 30.2 Å². The molecule has 2 aromatic heterocycles. The van der Waals surface area contributed by atoms with Crippen LogP contribution in [0.2, 0.25) is 0 Å². The minimum Gasteiger partial charge on any atom is -0.365 e. The van der Waals surface area contributed by atoms with Gasteiger partial charge in [-0.3, -0.25) is 14.3 Å². The monoisotopic (exact) mass is 429 g/mol. The molecule has 4 N–H and O–H groups in total. The molecule has 2 amide bonds. The number of fused-ring (bicyclic) bond motifs is 1. The van der Waals surface area contributed by atoms with Crippen molar-refractivity contribution in [2.45, 2.75) is 51.9 Å². The van der Waals surface area contributed by atoms with Gasteiger partial charge in [0.2, 0.25) is 5.91 Å². The van der Waals surface area contributed by atoms with Gasteiger partial charge in [-0.15, -0.1) is 11.3 Å². The van der Waals surface area contributed by atoms with E-state index in [0.29, 0.717) is 17.1 Å². The first-order valence-electron chi connectivity index (χ1n) is 9.29. The standard InChI is InChI=1S/C18H22F3N5O2S/c1-2-23-7-10-8-26(25-15(10)18(19,20)21)9-13(27)24-17-14(16(22)28)11-5-3-4-6-12(11)29-17/h8,23H,2-7,9H2,1H3,(H2,22,28)(H,24,27). The van der Waals surface area contributed by atoms with E-state index in [2.05, 4.69) is 15.7 Å². The van der Waals surface area contributed by atoms with E-state index in [-0.39, 0.29) is 12.1 Å². The van der Waals surface area contributed by atoms with Crippen LogP contribution in [0.1, 0.15) is 51.8 Å². The van der Waals surface area contributed by atoms with Crippen molar-refractivity contribution in [3.8, 4) is 0 Å². The van der Waals surface area contributed by atoms with Gasteiger partial charge >= 0.3 is 6.18 Å². The van der Waals surface area contributed by atoms with Gasteiger partial charge in [-0.25, -0.2) is 0 Å². The van der Waals surface area contributed by atoms with E-state index in [9.17, 15) is 22.8 Å². The van der Waals surface area contributed by atoms with Gasteiger partial charge in [-0.05, 0) is 37.8 Å². The molecule has 0 atom stereocenters. The Morgan fingerprint density at radius 2 is 2.03 bits per heavy atom. The lowest BCUT2D eigenvalue weighted by Crippen LogP contribution is -2.22. The Kier molecular flexibility index (Phi) is 6.27. The van der Waals surface area contributed by atoms with E-state index in [1.165, 1.54) is 17.5 Å². The number of rotatable bonds is 7. The highest BCUT2D eigenvalue weighted by molar-refractivity contribution is 7.17. The molecule has 2 heterocycles. The van der Waals surface area contributed by atoms with Crippen LogP contribution in [0.3, 0.4) is 0 Å². The summed E-state index contributed by atoms with van der Waals surface area (Å²) in [4.78, 5) is 25.3. The molecule has 0 saturated carbocycles. The normalized spacial score (nSPS) is 13.9. The number of primary amides is 1. The summed E-state index contributed by atoms with van der Waals surface area (Å²) in [6.07, 6.45) is 0.0818. The number of carbonyl (C=O) groups is 2. The number of nitrogens with zero attached hydrogens (tertiary/aromatic N) is 2. The first-order valence-corrected chi connectivity index (χ1v) is 10.1. The van der Waals surface area contributed by atoms with Crippen LogP contribution in [0.5, 0.6) is 0 Å². The molecular weight excluding hydrogens is 407 g/mol. The molecule has 158 valence electrons. The Hall–Kier alpha value is -2.40. The molecule has 1 aliphatic rings. The average Bonchev–Trinajstić information content (AvgIpc) is 3.20. The number of hydrogen-bond donors (Lipinski definition) is 3. The first-order chi connectivity index (χ1) is 13.7. The van der Waals surface area contributed by atoms with Gasteiger partial charge in [0, 0.05) is 23.2 Å². The van der Waals surface area contributed by atoms with Gasteiger partial charge in [0.1, 0.15) is 11.5 Å². The lowest BCUT2D eigenvalue weighted by Gasteiger charge is -2.11. The summed E-state index contributed by atoms with van der Waals surface area (Å²) in [5.41, 5.74) is 5.63. The van der Waals surface area contributed by atoms with Crippen LogP contribution in [0.25, 0.3) is 0 Å². The first kappa shape index (κ1) is 21.3. The van der Waals surface area contributed by atoms with Crippen molar-refractivity contribution >= 4 is 28.2 Å². The minimum atomic E-state index is -4.61. The molecule has 0 radical (unpaired) electrons. The molecule has 1 aliphatic carbocycles. The van der Waals surface area contributed by atoms with Crippen LogP contribution < -0.4 is 16.4 Å². The fraction of sp³-hybridized carbons (Fsp3) is 0.500. The van der Waals surface area contributed by atoms with Crippen LogP contribution >= 0.6 is 11.3 Å². The number of thiophene rings is 1. The quantitative estimate of drug-likeness (QED) is 0.630.